The normalized spacial score (nSPS) is 12.2. The van der Waals surface area contributed by atoms with Gasteiger partial charge in [-0.1, -0.05) is 43.9 Å². The quantitative estimate of drug-likeness (QED) is 0.522. The molecule has 0 bridgehead atoms. The highest BCUT2D eigenvalue weighted by molar-refractivity contribution is 6.30. The Hall–Kier alpha value is -1.02. The largest absolute Gasteiger partial charge is 0.459 e. The molecule has 100 valence electrons. The van der Waals surface area contributed by atoms with E-state index in [1.165, 1.54) is 19.3 Å². The van der Waals surface area contributed by atoms with Crippen LogP contribution in [0.5, 0.6) is 0 Å². The third-order valence-electron chi connectivity index (χ3n) is 2.83. The summed E-state index contributed by atoms with van der Waals surface area (Å²) >= 11 is 5.84. The molecule has 0 aliphatic carbocycles. The van der Waals surface area contributed by atoms with Gasteiger partial charge in [0.25, 0.3) is 0 Å². The van der Waals surface area contributed by atoms with Crippen molar-refractivity contribution in [3.05, 3.63) is 34.9 Å². The number of rotatable bonds is 7. The van der Waals surface area contributed by atoms with Crippen LogP contribution < -0.4 is 0 Å². The first kappa shape index (κ1) is 15.0. The highest BCUT2D eigenvalue weighted by Gasteiger charge is 2.11. The molecule has 0 aliphatic heterocycles. The van der Waals surface area contributed by atoms with Crippen LogP contribution >= 0.6 is 11.6 Å². The monoisotopic (exact) mass is 268 g/mol. The minimum absolute atomic E-state index is 0.0339. The molecule has 0 saturated carbocycles. The number of hydrogen-bond acceptors (Lipinski definition) is 2. The molecule has 0 aliphatic rings. The molecule has 3 heteroatoms. The van der Waals surface area contributed by atoms with Gasteiger partial charge in [0.15, 0.2) is 0 Å². The number of unbranched alkanes of at least 4 members (excludes halogenated alkanes) is 3. The fraction of sp³-hybridized carbons (Fsp3) is 0.533. The first-order valence-electron chi connectivity index (χ1n) is 6.60. The number of hydrogen-bond donors (Lipinski definition) is 0. The molecule has 1 unspecified atom stereocenters. The first-order valence-corrected chi connectivity index (χ1v) is 6.97. The maximum Gasteiger partial charge on any atom is 0.338 e. The Bertz CT molecular complexity index is 377. The van der Waals surface area contributed by atoms with Crippen molar-refractivity contribution in [3.63, 3.8) is 0 Å². The third-order valence-corrected chi connectivity index (χ3v) is 3.07. The summed E-state index contributed by atoms with van der Waals surface area (Å²) in [5.74, 6) is -0.291. The molecule has 0 saturated heterocycles. The summed E-state index contributed by atoms with van der Waals surface area (Å²) in [6.07, 6.45) is 5.67. The molecule has 2 nitrogen and oxygen atoms in total. The van der Waals surface area contributed by atoms with Gasteiger partial charge < -0.3 is 4.74 Å². The average Bonchev–Trinajstić information content (AvgIpc) is 2.34. The molecule has 18 heavy (non-hydrogen) atoms. The van der Waals surface area contributed by atoms with Gasteiger partial charge in [-0.15, -0.1) is 0 Å². The van der Waals surface area contributed by atoms with E-state index in [-0.39, 0.29) is 12.1 Å². The van der Waals surface area contributed by atoms with Crippen molar-refractivity contribution >= 4 is 17.6 Å². The van der Waals surface area contributed by atoms with Gasteiger partial charge in [0.1, 0.15) is 0 Å². The molecule has 1 aromatic carbocycles. The summed E-state index contributed by atoms with van der Waals surface area (Å²) in [4.78, 5) is 11.8. The Morgan fingerprint density at radius 3 is 2.78 bits per heavy atom. The highest BCUT2D eigenvalue weighted by atomic mass is 35.5. The highest BCUT2D eigenvalue weighted by Crippen LogP contribution is 2.14. The number of carbonyl (C=O) groups excluding carboxylic acids is 1. The summed E-state index contributed by atoms with van der Waals surface area (Å²) in [5.41, 5.74) is 0.517. The Morgan fingerprint density at radius 2 is 2.11 bits per heavy atom. The van der Waals surface area contributed by atoms with Crippen LogP contribution in [-0.2, 0) is 4.74 Å². The van der Waals surface area contributed by atoms with E-state index in [1.807, 2.05) is 6.92 Å². The molecule has 1 rings (SSSR count). The van der Waals surface area contributed by atoms with Gasteiger partial charge in [-0.2, -0.15) is 0 Å². The average molecular weight is 269 g/mol. The molecule has 0 N–H and O–H groups in total. The van der Waals surface area contributed by atoms with Gasteiger partial charge in [-0.25, -0.2) is 4.79 Å². The van der Waals surface area contributed by atoms with E-state index in [4.69, 9.17) is 16.3 Å². The Balaban J connectivity index is 2.35. The van der Waals surface area contributed by atoms with Crippen molar-refractivity contribution in [2.45, 2.75) is 52.1 Å². The molecule has 1 aromatic rings. The number of ether oxygens (including phenoxy) is 1. The molecular weight excluding hydrogens is 248 g/mol. The number of carbonyl (C=O) groups is 1. The lowest BCUT2D eigenvalue weighted by molar-refractivity contribution is 0.0319. The zero-order valence-electron chi connectivity index (χ0n) is 11.1. The molecule has 0 fully saturated rings. The fourth-order valence-electron chi connectivity index (χ4n) is 1.78. The molecule has 0 heterocycles. The van der Waals surface area contributed by atoms with Crippen molar-refractivity contribution < 1.29 is 9.53 Å². The minimum Gasteiger partial charge on any atom is -0.459 e. The van der Waals surface area contributed by atoms with Gasteiger partial charge >= 0.3 is 5.97 Å². The molecule has 0 aromatic heterocycles. The van der Waals surface area contributed by atoms with Crippen molar-refractivity contribution in [1.29, 1.82) is 0 Å². The molecule has 0 spiro atoms. The number of benzene rings is 1. The zero-order chi connectivity index (χ0) is 13.4. The summed E-state index contributed by atoms with van der Waals surface area (Å²) in [5, 5.41) is 0.556. The first-order chi connectivity index (χ1) is 8.63. The summed E-state index contributed by atoms with van der Waals surface area (Å²) in [6.45, 7) is 4.12. The van der Waals surface area contributed by atoms with Crippen molar-refractivity contribution in [1.82, 2.24) is 0 Å². The summed E-state index contributed by atoms with van der Waals surface area (Å²) in [6, 6.07) is 6.85. The fourth-order valence-corrected chi connectivity index (χ4v) is 1.97. The third kappa shape index (κ3) is 5.54. The van der Waals surface area contributed by atoms with Crippen LogP contribution in [0.15, 0.2) is 24.3 Å². The van der Waals surface area contributed by atoms with Gasteiger partial charge in [0.2, 0.25) is 0 Å². The van der Waals surface area contributed by atoms with E-state index < -0.39 is 0 Å². The van der Waals surface area contributed by atoms with Crippen molar-refractivity contribution in [2.24, 2.45) is 0 Å². The SMILES string of the molecule is CCCCCCC(C)OC(=O)c1cccc(Cl)c1. The zero-order valence-corrected chi connectivity index (χ0v) is 11.9. The van der Waals surface area contributed by atoms with Crippen LogP contribution in [0, 0.1) is 0 Å². The van der Waals surface area contributed by atoms with Crippen LogP contribution in [-0.4, -0.2) is 12.1 Å². The van der Waals surface area contributed by atoms with Gasteiger partial charge in [0.05, 0.1) is 11.7 Å². The lowest BCUT2D eigenvalue weighted by Crippen LogP contribution is -2.15. The van der Waals surface area contributed by atoms with Crippen LogP contribution in [0.25, 0.3) is 0 Å². The lowest BCUT2D eigenvalue weighted by atomic mass is 10.1. The van der Waals surface area contributed by atoms with Crippen LogP contribution in [0.2, 0.25) is 5.02 Å². The Labute approximate surface area is 114 Å². The van der Waals surface area contributed by atoms with E-state index in [0.717, 1.165) is 12.8 Å². The van der Waals surface area contributed by atoms with E-state index in [9.17, 15) is 4.79 Å². The van der Waals surface area contributed by atoms with Gasteiger partial charge in [0, 0.05) is 5.02 Å². The predicted molar refractivity (Wildman–Crippen MR) is 75.1 cm³/mol. The Morgan fingerprint density at radius 1 is 1.33 bits per heavy atom. The van der Waals surface area contributed by atoms with E-state index >= 15 is 0 Å². The van der Waals surface area contributed by atoms with Crippen molar-refractivity contribution in [2.75, 3.05) is 0 Å². The van der Waals surface area contributed by atoms with Crippen LogP contribution in [0.4, 0.5) is 0 Å². The predicted octanol–water partition coefficient (Wildman–Crippen LogP) is 4.86. The second-order valence-corrected chi connectivity index (χ2v) is 5.01. The minimum atomic E-state index is -0.291. The second-order valence-electron chi connectivity index (χ2n) is 4.58. The van der Waals surface area contributed by atoms with Crippen LogP contribution in [0.1, 0.15) is 56.3 Å². The van der Waals surface area contributed by atoms with Crippen LogP contribution in [0.3, 0.4) is 0 Å². The van der Waals surface area contributed by atoms with E-state index in [2.05, 4.69) is 6.92 Å². The summed E-state index contributed by atoms with van der Waals surface area (Å²) in [7, 11) is 0. The standard InChI is InChI=1S/C15H21ClO2/c1-3-4-5-6-8-12(2)18-15(17)13-9-7-10-14(16)11-13/h7,9-12H,3-6,8H2,1-2H3. The summed E-state index contributed by atoms with van der Waals surface area (Å²) < 4.78 is 5.37. The molecule has 1 atom stereocenters. The Kier molecular flexibility index (Phi) is 6.81. The topological polar surface area (TPSA) is 26.3 Å². The van der Waals surface area contributed by atoms with E-state index in [1.54, 1.807) is 24.3 Å². The molecular formula is C15H21ClO2. The van der Waals surface area contributed by atoms with E-state index in [0.29, 0.717) is 10.6 Å². The second kappa shape index (κ2) is 8.15. The number of halogens is 1. The van der Waals surface area contributed by atoms with Crippen molar-refractivity contribution in [3.8, 4) is 0 Å². The maximum absolute atomic E-state index is 11.8. The maximum atomic E-state index is 11.8. The van der Waals surface area contributed by atoms with Gasteiger partial charge in [-0.3, -0.25) is 0 Å². The number of esters is 1. The lowest BCUT2D eigenvalue weighted by Gasteiger charge is -2.13. The van der Waals surface area contributed by atoms with Gasteiger partial charge in [-0.05, 0) is 38.0 Å². The smallest absolute Gasteiger partial charge is 0.338 e. The molecule has 0 radical (unpaired) electrons. The molecule has 0 amide bonds.